The minimum Gasteiger partial charge on any atom is -0.506 e. The third kappa shape index (κ3) is 1.40. The van der Waals surface area contributed by atoms with E-state index in [-0.39, 0.29) is 5.75 Å². The van der Waals surface area contributed by atoms with Gasteiger partial charge in [-0.25, -0.2) is 0 Å². The Morgan fingerprint density at radius 1 is 1.18 bits per heavy atom. The minimum atomic E-state index is 0.159. The molecule has 84 valence electrons. The molecule has 0 saturated carbocycles. The molecule has 0 unspecified atom stereocenters. The van der Waals surface area contributed by atoms with Gasteiger partial charge in [0.15, 0.2) is 0 Å². The lowest BCUT2D eigenvalue weighted by Crippen LogP contribution is -1.89. The number of benzene rings is 1. The van der Waals surface area contributed by atoms with E-state index in [1.165, 1.54) is 0 Å². The zero-order chi connectivity index (χ0) is 11.8. The number of phenolic OH excluding ortho intramolecular Hbond substituents is 1. The van der Waals surface area contributed by atoms with Crippen LogP contribution >= 0.6 is 0 Å². The summed E-state index contributed by atoms with van der Waals surface area (Å²) in [5.74, 6) is 0.659. The molecular weight excluding hydrogens is 216 g/mol. The van der Waals surface area contributed by atoms with Gasteiger partial charge in [0, 0.05) is 17.1 Å². The van der Waals surface area contributed by atoms with Crippen LogP contribution in [0.3, 0.4) is 0 Å². The summed E-state index contributed by atoms with van der Waals surface area (Å²) < 4.78 is 0. The zero-order valence-electron chi connectivity index (χ0n) is 8.88. The quantitative estimate of drug-likeness (QED) is 0.591. The largest absolute Gasteiger partial charge is 0.506 e. The maximum absolute atomic E-state index is 9.75. The number of aromatic hydroxyl groups is 1. The fourth-order valence-electron chi connectivity index (χ4n) is 1.90. The van der Waals surface area contributed by atoms with E-state index >= 15 is 0 Å². The number of anilines is 1. The number of pyridine rings is 1. The van der Waals surface area contributed by atoms with E-state index in [4.69, 9.17) is 5.73 Å². The topological polar surface area (TPSA) is 87.8 Å². The number of aromatic amines is 1. The second-order valence-electron chi connectivity index (χ2n) is 3.73. The van der Waals surface area contributed by atoms with Crippen molar-refractivity contribution in [3.8, 4) is 16.9 Å². The first-order valence-corrected chi connectivity index (χ1v) is 5.13. The molecule has 0 fully saturated rings. The standard InChI is InChI=1S/C12H10N4O/c13-12-9(6-15-16-12)7-3-4-10(17)11-8(7)2-1-5-14-11/h1-6,17H,(H3,13,15,16). The number of H-pyrrole nitrogens is 1. The van der Waals surface area contributed by atoms with Crippen molar-refractivity contribution >= 4 is 16.7 Å². The highest BCUT2D eigenvalue weighted by Gasteiger charge is 2.11. The number of aromatic nitrogens is 3. The van der Waals surface area contributed by atoms with Crippen molar-refractivity contribution in [2.75, 3.05) is 5.73 Å². The van der Waals surface area contributed by atoms with Gasteiger partial charge in [0.05, 0.1) is 6.20 Å². The lowest BCUT2D eigenvalue weighted by molar-refractivity contribution is 0.480. The average molecular weight is 226 g/mol. The second-order valence-corrected chi connectivity index (χ2v) is 3.73. The Morgan fingerprint density at radius 2 is 2.06 bits per heavy atom. The molecule has 0 aliphatic carbocycles. The van der Waals surface area contributed by atoms with Crippen LogP contribution in [0.15, 0.2) is 36.7 Å². The Bertz CT molecular complexity index is 690. The molecule has 4 N–H and O–H groups in total. The fraction of sp³-hybridized carbons (Fsp3) is 0. The molecule has 2 aromatic heterocycles. The number of nitrogen functional groups attached to an aromatic ring is 1. The number of fused-ring (bicyclic) bond motifs is 1. The molecule has 1 aromatic carbocycles. The van der Waals surface area contributed by atoms with Gasteiger partial charge < -0.3 is 10.8 Å². The van der Waals surface area contributed by atoms with Gasteiger partial charge in [0.2, 0.25) is 0 Å². The molecule has 0 aliphatic heterocycles. The third-order valence-electron chi connectivity index (χ3n) is 2.71. The first kappa shape index (κ1) is 9.65. The van der Waals surface area contributed by atoms with Crippen molar-refractivity contribution in [2.24, 2.45) is 0 Å². The van der Waals surface area contributed by atoms with Gasteiger partial charge in [-0.15, -0.1) is 0 Å². The maximum atomic E-state index is 9.75. The van der Waals surface area contributed by atoms with Crippen LogP contribution in [0.2, 0.25) is 0 Å². The molecule has 3 rings (SSSR count). The summed E-state index contributed by atoms with van der Waals surface area (Å²) in [6, 6.07) is 7.13. The molecule has 0 aliphatic rings. The predicted octanol–water partition coefficient (Wildman–Crippen LogP) is 1.91. The van der Waals surface area contributed by atoms with Gasteiger partial charge in [-0.2, -0.15) is 5.10 Å². The maximum Gasteiger partial charge on any atom is 0.141 e. The number of hydrogen-bond donors (Lipinski definition) is 3. The lowest BCUT2D eigenvalue weighted by atomic mass is 10.0. The molecule has 17 heavy (non-hydrogen) atoms. The third-order valence-corrected chi connectivity index (χ3v) is 2.71. The van der Waals surface area contributed by atoms with Gasteiger partial charge in [-0.3, -0.25) is 10.1 Å². The molecule has 0 amide bonds. The molecule has 2 heterocycles. The Balaban J connectivity index is 2.39. The van der Waals surface area contributed by atoms with E-state index in [1.54, 1.807) is 24.5 Å². The SMILES string of the molecule is Nc1[nH]ncc1-c1ccc(O)c2ncccc12. The normalized spacial score (nSPS) is 10.8. The monoisotopic (exact) mass is 226 g/mol. The summed E-state index contributed by atoms with van der Waals surface area (Å²) >= 11 is 0. The molecule has 0 saturated heterocycles. The number of rotatable bonds is 1. The molecule has 3 aromatic rings. The van der Waals surface area contributed by atoms with E-state index in [0.29, 0.717) is 11.3 Å². The summed E-state index contributed by atoms with van der Waals surface area (Å²) in [7, 11) is 0. The molecule has 0 bridgehead atoms. The number of phenols is 1. The van der Waals surface area contributed by atoms with Crippen molar-refractivity contribution < 1.29 is 5.11 Å². The van der Waals surface area contributed by atoms with E-state index in [2.05, 4.69) is 15.2 Å². The van der Waals surface area contributed by atoms with E-state index in [1.807, 2.05) is 12.1 Å². The van der Waals surface area contributed by atoms with Crippen molar-refractivity contribution in [3.63, 3.8) is 0 Å². The first-order valence-electron chi connectivity index (χ1n) is 5.13. The highest BCUT2D eigenvalue weighted by molar-refractivity contribution is 5.99. The summed E-state index contributed by atoms with van der Waals surface area (Å²) in [5, 5.41) is 17.2. The first-order chi connectivity index (χ1) is 8.27. The van der Waals surface area contributed by atoms with Crippen molar-refractivity contribution in [3.05, 3.63) is 36.7 Å². The Kier molecular flexibility index (Phi) is 1.98. The Labute approximate surface area is 96.9 Å². The van der Waals surface area contributed by atoms with Crippen LogP contribution in [0.1, 0.15) is 0 Å². The molecular formula is C12H10N4O. The number of hydrogen-bond acceptors (Lipinski definition) is 4. The number of nitrogens with one attached hydrogen (secondary N) is 1. The predicted molar refractivity (Wildman–Crippen MR) is 65.4 cm³/mol. The van der Waals surface area contributed by atoms with Crippen LogP contribution in [0, 0.1) is 0 Å². The van der Waals surface area contributed by atoms with E-state index < -0.39 is 0 Å². The fourth-order valence-corrected chi connectivity index (χ4v) is 1.90. The van der Waals surface area contributed by atoms with Gasteiger partial charge in [0.25, 0.3) is 0 Å². The van der Waals surface area contributed by atoms with Crippen molar-refractivity contribution in [2.45, 2.75) is 0 Å². The Hall–Kier alpha value is -2.56. The highest BCUT2D eigenvalue weighted by Crippen LogP contribution is 2.34. The van der Waals surface area contributed by atoms with Crippen molar-refractivity contribution in [1.29, 1.82) is 0 Å². The number of nitrogens with zero attached hydrogens (tertiary/aromatic N) is 2. The smallest absolute Gasteiger partial charge is 0.141 e. The van der Waals surface area contributed by atoms with Crippen LogP contribution in [0.4, 0.5) is 5.82 Å². The van der Waals surface area contributed by atoms with Crippen molar-refractivity contribution in [1.82, 2.24) is 15.2 Å². The van der Waals surface area contributed by atoms with E-state index in [9.17, 15) is 5.11 Å². The van der Waals surface area contributed by atoms with Crippen LogP contribution in [0.5, 0.6) is 5.75 Å². The highest BCUT2D eigenvalue weighted by atomic mass is 16.3. The minimum absolute atomic E-state index is 0.159. The summed E-state index contributed by atoms with van der Waals surface area (Å²) in [5.41, 5.74) is 8.07. The van der Waals surface area contributed by atoms with Crippen LogP contribution in [-0.4, -0.2) is 20.3 Å². The molecule has 0 atom stereocenters. The van der Waals surface area contributed by atoms with Gasteiger partial charge in [-0.05, 0) is 23.8 Å². The van der Waals surface area contributed by atoms with Gasteiger partial charge in [-0.1, -0.05) is 6.07 Å². The second kappa shape index (κ2) is 3.48. The summed E-state index contributed by atoms with van der Waals surface area (Å²) in [4.78, 5) is 4.16. The van der Waals surface area contributed by atoms with Crippen LogP contribution in [-0.2, 0) is 0 Å². The lowest BCUT2D eigenvalue weighted by Gasteiger charge is -2.06. The zero-order valence-corrected chi connectivity index (χ0v) is 8.88. The molecule has 0 radical (unpaired) electrons. The van der Waals surface area contributed by atoms with E-state index in [0.717, 1.165) is 16.5 Å². The Morgan fingerprint density at radius 3 is 2.82 bits per heavy atom. The number of nitrogens with two attached hydrogens (primary N) is 1. The van der Waals surface area contributed by atoms with Crippen LogP contribution in [0.25, 0.3) is 22.0 Å². The average Bonchev–Trinajstić information content (AvgIpc) is 2.77. The van der Waals surface area contributed by atoms with Crippen LogP contribution < -0.4 is 5.73 Å². The van der Waals surface area contributed by atoms with Gasteiger partial charge in [0.1, 0.15) is 17.1 Å². The molecule has 0 spiro atoms. The molecule has 5 heteroatoms. The summed E-state index contributed by atoms with van der Waals surface area (Å²) in [6.07, 6.45) is 3.30. The van der Waals surface area contributed by atoms with Gasteiger partial charge >= 0.3 is 0 Å². The summed E-state index contributed by atoms with van der Waals surface area (Å²) in [6.45, 7) is 0. The molecule has 5 nitrogen and oxygen atoms in total.